The maximum absolute atomic E-state index is 14.2. The Balaban J connectivity index is 2.15. The Bertz CT molecular complexity index is 1530. The van der Waals surface area contributed by atoms with E-state index in [1.165, 1.54) is 24.1 Å². The summed E-state index contributed by atoms with van der Waals surface area (Å²) in [6.07, 6.45) is 0. The van der Waals surface area contributed by atoms with Gasteiger partial charge in [0, 0.05) is 27.7 Å². The summed E-state index contributed by atoms with van der Waals surface area (Å²) in [4.78, 5) is 28.8. The average molecular weight is 635 g/mol. The Morgan fingerprint density at radius 3 is 2.07 bits per heavy atom. The zero-order valence-electron chi connectivity index (χ0n) is 24.9. The third kappa shape index (κ3) is 7.96. The monoisotopic (exact) mass is 633 g/mol. The number of benzene rings is 3. The second kappa shape index (κ2) is 13.4. The van der Waals surface area contributed by atoms with Gasteiger partial charge in [0.2, 0.25) is 11.8 Å². The van der Waals surface area contributed by atoms with Crippen LogP contribution in [0, 0.1) is 13.8 Å². The van der Waals surface area contributed by atoms with Crippen LogP contribution in [0.5, 0.6) is 5.75 Å². The molecule has 3 rings (SSSR count). The smallest absolute Gasteiger partial charge is 0.264 e. The molecule has 1 atom stereocenters. The number of sulfonamides is 1. The summed E-state index contributed by atoms with van der Waals surface area (Å²) < 4.78 is 34.8. The lowest BCUT2D eigenvalue weighted by Gasteiger charge is -2.34. The highest BCUT2D eigenvalue weighted by Crippen LogP contribution is 2.34. The quantitative estimate of drug-likeness (QED) is 0.289. The van der Waals surface area contributed by atoms with Gasteiger partial charge in [-0.2, -0.15) is 0 Å². The van der Waals surface area contributed by atoms with Crippen LogP contribution in [0.4, 0.5) is 5.69 Å². The van der Waals surface area contributed by atoms with Crippen molar-refractivity contribution in [1.82, 2.24) is 10.2 Å². The maximum Gasteiger partial charge on any atom is 0.264 e. The molecule has 2 amide bonds. The highest BCUT2D eigenvalue weighted by atomic mass is 35.5. The summed E-state index contributed by atoms with van der Waals surface area (Å²) in [5, 5.41) is 3.52. The first kappa shape index (κ1) is 33.2. The zero-order valence-corrected chi connectivity index (χ0v) is 27.2. The summed E-state index contributed by atoms with van der Waals surface area (Å²) in [6.45, 7) is 9.98. The van der Waals surface area contributed by atoms with Gasteiger partial charge >= 0.3 is 0 Å². The van der Waals surface area contributed by atoms with Crippen molar-refractivity contribution in [2.75, 3.05) is 18.0 Å². The third-order valence-corrected chi connectivity index (χ3v) is 9.03. The molecule has 0 fully saturated rings. The molecular formula is C31H37Cl2N3O5S. The summed E-state index contributed by atoms with van der Waals surface area (Å²) in [5.74, 6) is -0.787. The summed E-state index contributed by atoms with van der Waals surface area (Å²) in [7, 11) is -2.83. The number of nitrogens with zero attached hydrogens (tertiary/aromatic N) is 2. The number of methoxy groups -OCH3 is 1. The molecule has 0 spiro atoms. The van der Waals surface area contributed by atoms with E-state index in [1.807, 2.05) is 34.6 Å². The van der Waals surface area contributed by atoms with Crippen LogP contribution in [-0.2, 0) is 26.2 Å². The molecule has 0 bridgehead atoms. The number of hydrogen-bond donors (Lipinski definition) is 1. The van der Waals surface area contributed by atoms with Crippen LogP contribution in [-0.4, -0.2) is 50.4 Å². The van der Waals surface area contributed by atoms with Gasteiger partial charge in [0.05, 0.1) is 17.7 Å². The first-order valence-corrected chi connectivity index (χ1v) is 15.5. The molecule has 1 N–H and O–H groups in total. The van der Waals surface area contributed by atoms with Crippen molar-refractivity contribution in [2.24, 2.45) is 0 Å². The van der Waals surface area contributed by atoms with E-state index in [-0.39, 0.29) is 22.9 Å². The fourth-order valence-electron chi connectivity index (χ4n) is 4.26. The summed E-state index contributed by atoms with van der Waals surface area (Å²) in [5.41, 5.74) is 1.70. The SMILES string of the molecule is COc1ccc(C)cc1N(CC(=O)N(Cc1c(Cl)cccc1Cl)[C@H](C)C(=O)NC(C)(C)C)S(=O)(=O)c1ccc(C)cc1. The first-order valence-electron chi connectivity index (χ1n) is 13.3. The van der Waals surface area contributed by atoms with Gasteiger partial charge < -0.3 is 15.0 Å². The lowest BCUT2D eigenvalue weighted by molar-refractivity contribution is -0.140. The second-order valence-electron chi connectivity index (χ2n) is 11.1. The number of hydrogen-bond acceptors (Lipinski definition) is 5. The van der Waals surface area contributed by atoms with E-state index in [9.17, 15) is 18.0 Å². The number of carbonyl (C=O) groups excluding carboxylic acids is 2. The molecule has 226 valence electrons. The van der Waals surface area contributed by atoms with Crippen molar-refractivity contribution in [3.63, 3.8) is 0 Å². The highest BCUT2D eigenvalue weighted by molar-refractivity contribution is 7.92. The van der Waals surface area contributed by atoms with Crippen LogP contribution in [0.25, 0.3) is 0 Å². The minimum absolute atomic E-state index is 0.00341. The van der Waals surface area contributed by atoms with Crippen LogP contribution in [0.1, 0.15) is 44.4 Å². The van der Waals surface area contributed by atoms with Gasteiger partial charge in [-0.15, -0.1) is 0 Å². The van der Waals surface area contributed by atoms with E-state index in [1.54, 1.807) is 55.5 Å². The molecule has 0 saturated carbocycles. The number of anilines is 1. The normalized spacial score (nSPS) is 12.4. The van der Waals surface area contributed by atoms with Crippen LogP contribution in [0.2, 0.25) is 10.0 Å². The Labute approximate surface area is 258 Å². The minimum atomic E-state index is -4.26. The standard InChI is InChI=1S/C31H37Cl2N3O5S/c1-20-11-14-23(15-12-20)42(39,40)36(27-17-21(2)13-16-28(27)41-7)19-29(37)35(22(3)30(38)34-31(4,5)6)18-24-25(32)9-8-10-26(24)33/h8-17,22H,18-19H2,1-7H3,(H,34,38)/t22-/m1/s1. The van der Waals surface area contributed by atoms with E-state index < -0.39 is 40.0 Å². The predicted molar refractivity (Wildman–Crippen MR) is 168 cm³/mol. The predicted octanol–water partition coefficient (Wildman–Crippen LogP) is 6.15. The second-order valence-corrected chi connectivity index (χ2v) is 13.8. The molecule has 3 aromatic rings. The van der Waals surface area contributed by atoms with Crippen molar-refractivity contribution in [3.8, 4) is 5.75 Å². The topological polar surface area (TPSA) is 96.0 Å². The van der Waals surface area contributed by atoms with Gasteiger partial charge in [0.1, 0.15) is 18.3 Å². The van der Waals surface area contributed by atoms with Crippen molar-refractivity contribution >= 4 is 50.7 Å². The van der Waals surface area contributed by atoms with Gasteiger partial charge in [0.15, 0.2) is 0 Å². The number of carbonyl (C=O) groups is 2. The zero-order chi connectivity index (χ0) is 31.4. The molecule has 11 heteroatoms. The molecule has 0 aliphatic carbocycles. The fraction of sp³-hybridized carbons (Fsp3) is 0.355. The molecule has 42 heavy (non-hydrogen) atoms. The Morgan fingerprint density at radius 2 is 1.52 bits per heavy atom. The molecule has 0 heterocycles. The van der Waals surface area contributed by atoms with Crippen LogP contribution < -0.4 is 14.4 Å². The third-order valence-electron chi connectivity index (χ3n) is 6.55. The van der Waals surface area contributed by atoms with Crippen molar-refractivity contribution in [2.45, 2.75) is 64.6 Å². The number of halogens is 2. The Morgan fingerprint density at radius 1 is 0.952 bits per heavy atom. The largest absolute Gasteiger partial charge is 0.495 e. The molecule has 8 nitrogen and oxygen atoms in total. The first-order chi connectivity index (χ1) is 19.5. The van der Waals surface area contributed by atoms with E-state index >= 15 is 0 Å². The highest BCUT2D eigenvalue weighted by Gasteiger charge is 2.35. The van der Waals surface area contributed by atoms with Crippen LogP contribution in [0.3, 0.4) is 0 Å². The molecule has 0 radical (unpaired) electrons. The van der Waals surface area contributed by atoms with Crippen molar-refractivity contribution in [1.29, 1.82) is 0 Å². The van der Waals surface area contributed by atoms with Crippen molar-refractivity contribution < 1.29 is 22.7 Å². The maximum atomic E-state index is 14.2. The number of ether oxygens (including phenoxy) is 1. The van der Waals surface area contributed by atoms with Gasteiger partial charge in [-0.25, -0.2) is 8.42 Å². The number of aryl methyl sites for hydroxylation is 2. The van der Waals surface area contributed by atoms with Crippen LogP contribution >= 0.6 is 23.2 Å². The molecule has 3 aromatic carbocycles. The molecule has 0 unspecified atom stereocenters. The fourth-order valence-corrected chi connectivity index (χ4v) is 6.19. The van der Waals surface area contributed by atoms with E-state index in [2.05, 4.69) is 5.32 Å². The molecule has 0 saturated heterocycles. The number of amides is 2. The lowest BCUT2D eigenvalue weighted by atomic mass is 10.1. The lowest BCUT2D eigenvalue weighted by Crippen LogP contribution is -2.54. The number of nitrogens with one attached hydrogen (secondary N) is 1. The molecule has 0 aliphatic heterocycles. The molecule has 0 aromatic heterocycles. The van der Waals surface area contributed by atoms with E-state index in [0.717, 1.165) is 15.4 Å². The van der Waals surface area contributed by atoms with Crippen LogP contribution in [0.15, 0.2) is 65.6 Å². The summed E-state index contributed by atoms with van der Waals surface area (Å²) in [6, 6.07) is 15.4. The number of rotatable bonds is 10. The Kier molecular flexibility index (Phi) is 10.6. The van der Waals surface area contributed by atoms with Gasteiger partial charge in [-0.05, 0) is 83.5 Å². The average Bonchev–Trinajstić information content (AvgIpc) is 2.90. The van der Waals surface area contributed by atoms with E-state index in [0.29, 0.717) is 15.6 Å². The van der Waals surface area contributed by atoms with E-state index in [4.69, 9.17) is 27.9 Å². The Hall–Kier alpha value is -3.27. The molecule has 0 aliphatic rings. The summed E-state index contributed by atoms with van der Waals surface area (Å²) >= 11 is 12.9. The van der Waals surface area contributed by atoms with Crippen molar-refractivity contribution in [3.05, 3.63) is 87.4 Å². The molecular weight excluding hydrogens is 597 g/mol. The minimum Gasteiger partial charge on any atom is -0.495 e. The van der Waals surface area contributed by atoms with Gasteiger partial charge in [-0.3, -0.25) is 13.9 Å². The van der Waals surface area contributed by atoms with Gasteiger partial charge in [-0.1, -0.05) is 53.0 Å². The van der Waals surface area contributed by atoms with Gasteiger partial charge in [0.25, 0.3) is 10.0 Å².